The van der Waals surface area contributed by atoms with Crippen LogP contribution in [0.1, 0.15) is 51.4 Å². The molecule has 0 fully saturated rings. The van der Waals surface area contributed by atoms with Crippen molar-refractivity contribution in [2.24, 2.45) is 5.10 Å². The van der Waals surface area contributed by atoms with Crippen LogP contribution in [-0.4, -0.2) is 17.5 Å². The first kappa shape index (κ1) is 21.8. The number of hydrogen-bond donors (Lipinski definition) is 2. The number of hydrazone groups is 1. The number of carbonyl (C=O) groups excluding carboxylic acids is 2. The number of aryl methyl sites for hydroxylation is 2. The van der Waals surface area contributed by atoms with Crippen LogP contribution in [0.25, 0.3) is 0 Å². The molecule has 7 heteroatoms. The van der Waals surface area contributed by atoms with Crippen molar-refractivity contribution in [3.63, 3.8) is 0 Å². The number of benzene rings is 2. The quantitative estimate of drug-likeness (QED) is 0.525. The Morgan fingerprint density at radius 2 is 1.88 bits per heavy atom. The maximum atomic E-state index is 12.9. The summed E-state index contributed by atoms with van der Waals surface area (Å²) < 4.78 is 5.94. The number of nitrogens with zero attached hydrogens (tertiary/aromatic N) is 1. The number of fused-ring (bicyclic) bond motifs is 1. The second-order valence-corrected chi connectivity index (χ2v) is 8.31. The third-order valence-corrected chi connectivity index (χ3v) is 5.73. The molecule has 0 unspecified atom stereocenters. The summed E-state index contributed by atoms with van der Waals surface area (Å²) in [5, 5.41) is 7.88. The van der Waals surface area contributed by atoms with E-state index >= 15 is 0 Å². The van der Waals surface area contributed by atoms with Crippen molar-refractivity contribution < 1.29 is 14.0 Å². The molecule has 3 aromatic rings. The molecule has 0 saturated heterocycles. The average molecular weight is 450 g/mol. The highest BCUT2D eigenvalue weighted by molar-refractivity contribution is 6.30. The van der Waals surface area contributed by atoms with Gasteiger partial charge in [0.25, 0.3) is 5.91 Å². The van der Waals surface area contributed by atoms with Crippen molar-refractivity contribution in [1.29, 1.82) is 0 Å². The molecule has 1 aliphatic rings. The van der Waals surface area contributed by atoms with Crippen LogP contribution in [0.4, 0.5) is 5.69 Å². The largest absolute Gasteiger partial charge is 0.455 e. The van der Waals surface area contributed by atoms with Gasteiger partial charge in [0, 0.05) is 28.3 Å². The molecule has 0 aliphatic heterocycles. The average Bonchev–Trinajstić information content (AvgIpc) is 3.12. The summed E-state index contributed by atoms with van der Waals surface area (Å²) >= 11 is 6.00. The first-order valence-electron chi connectivity index (χ1n) is 10.5. The van der Waals surface area contributed by atoms with E-state index in [2.05, 4.69) is 15.8 Å². The van der Waals surface area contributed by atoms with Crippen LogP contribution >= 0.6 is 11.6 Å². The number of furan rings is 1. The van der Waals surface area contributed by atoms with E-state index in [4.69, 9.17) is 16.0 Å². The van der Waals surface area contributed by atoms with Crippen molar-refractivity contribution in [1.82, 2.24) is 5.43 Å². The Balaban J connectivity index is 1.52. The van der Waals surface area contributed by atoms with E-state index in [9.17, 15) is 9.59 Å². The highest BCUT2D eigenvalue weighted by Gasteiger charge is 2.28. The lowest BCUT2D eigenvalue weighted by Crippen LogP contribution is -2.23. The number of carbonyl (C=O) groups is 2. The van der Waals surface area contributed by atoms with Gasteiger partial charge in [-0.05, 0) is 56.0 Å². The minimum atomic E-state index is -0.324. The maximum absolute atomic E-state index is 12.9. The first-order chi connectivity index (χ1) is 15.4. The van der Waals surface area contributed by atoms with Crippen LogP contribution in [0.5, 0.6) is 0 Å². The summed E-state index contributed by atoms with van der Waals surface area (Å²) in [5.74, 6) is 0.472. The Bertz CT molecular complexity index is 1200. The van der Waals surface area contributed by atoms with E-state index < -0.39 is 0 Å². The van der Waals surface area contributed by atoms with Crippen LogP contribution < -0.4 is 10.7 Å². The Hall–Kier alpha value is -3.38. The topological polar surface area (TPSA) is 83.7 Å². The Labute approximate surface area is 191 Å². The van der Waals surface area contributed by atoms with Crippen LogP contribution in [0.15, 0.2) is 58.0 Å². The highest BCUT2D eigenvalue weighted by atomic mass is 35.5. The van der Waals surface area contributed by atoms with Crippen LogP contribution in [0, 0.1) is 13.8 Å². The molecule has 1 aliphatic carbocycles. The van der Waals surface area contributed by atoms with Gasteiger partial charge in [-0.15, -0.1) is 0 Å². The number of hydrogen-bond acceptors (Lipinski definition) is 4. The van der Waals surface area contributed by atoms with Gasteiger partial charge in [-0.25, -0.2) is 5.43 Å². The smallest absolute Gasteiger partial charge is 0.291 e. The lowest BCUT2D eigenvalue weighted by atomic mass is 9.93. The predicted octanol–water partition coefficient (Wildman–Crippen LogP) is 5.20. The standard InChI is InChI=1S/C25H24ClN3O3/c1-15-13-18(26)11-12-19(15)27-25(31)24-16(2)23-20(9-6-10-21(23)32-24)28-29-22(30)14-17-7-4-3-5-8-17/h3-5,7-8,11-13H,6,9-10,14H2,1-2H3,(H,27,31)(H,29,30)/b28-20+. The van der Waals surface area contributed by atoms with E-state index in [0.29, 0.717) is 17.1 Å². The third kappa shape index (κ3) is 4.75. The molecule has 0 bridgehead atoms. The van der Waals surface area contributed by atoms with Gasteiger partial charge in [-0.3, -0.25) is 9.59 Å². The van der Waals surface area contributed by atoms with Crippen molar-refractivity contribution in [2.75, 3.05) is 5.32 Å². The van der Waals surface area contributed by atoms with Crippen LogP contribution in [0.2, 0.25) is 5.02 Å². The van der Waals surface area contributed by atoms with Gasteiger partial charge < -0.3 is 9.73 Å². The molecule has 32 heavy (non-hydrogen) atoms. The normalized spacial score (nSPS) is 14.2. The number of rotatable bonds is 5. The molecule has 0 spiro atoms. The summed E-state index contributed by atoms with van der Waals surface area (Å²) in [7, 11) is 0. The zero-order valence-electron chi connectivity index (χ0n) is 18.0. The SMILES string of the molecule is Cc1cc(Cl)ccc1NC(=O)c1oc2c(c1C)/C(=N/NC(=O)Cc1ccccc1)CCC2. The van der Waals surface area contributed by atoms with Crippen molar-refractivity contribution >= 4 is 34.8 Å². The van der Waals surface area contributed by atoms with E-state index in [1.165, 1.54) is 0 Å². The molecule has 1 aromatic heterocycles. The summed E-state index contributed by atoms with van der Waals surface area (Å²) in [4.78, 5) is 25.2. The Kier molecular flexibility index (Phi) is 6.42. The van der Waals surface area contributed by atoms with E-state index in [-0.39, 0.29) is 24.0 Å². The highest BCUT2D eigenvalue weighted by Crippen LogP contribution is 2.30. The van der Waals surface area contributed by atoms with Crippen molar-refractivity contribution in [2.45, 2.75) is 39.5 Å². The van der Waals surface area contributed by atoms with Crippen molar-refractivity contribution in [3.8, 4) is 0 Å². The van der Waals surface area contributed by atoms with Crippen LogP contribution in [0.3, 0.4) is 0 Å². The van der Waals surface area contributed by atoms with Gasteiger partial charge in [0.1, 0.15) is 5.76 Å². The zero-order chi connectivity index (χ0) is 22.7. The number of nitrogens with one attached hydrogen (secondary N) is 2. The fourth-order valence-corrected chi connectivity index (χ4v) is 4.12. The molecule has 0 radical (unpaired) electrons. The van der Waals surface area contributed by atoms with E-state index in [1.807, 2.05) is 44.2 Å². The molecule has 2 N–H and O–H groups in total. The molecule has 2 amide bonds. The van der Waals surface area contributed by atoms with Gasteiger partial charge in [0.05, 0.1) is 12.1 Å². The number of anilines is 1. The summed E-state index contributed by atoms with van der Waals surface area (Å²) in [5.41, 5.74) is 7.38. The third-order valence-electron chi connectivity index (χ3n) is 5.49. The van der Waals surface area contributed by atoms with E-state index in [1.54, 1.807) is 18.2 Å². The summed E-state index contributed by atoms with van der Waals surface area (Å²) in [6.07, 6.45) is 2.52. The lowest BCUT2D eigenvalue weighted by Gasteiger charge is -2.13. The molecule has 164 valence electrons. The second-order valence-electron chi connectivity index (χ2n) is 7.88. The first-order valence-corrected chi connectivity index (χ1v) is 10.9. The minimum Gasteiger partial charge on any atom is -0.455 e. The maximum Gasteiger partial charge on any atom is 0.291 e. The molecule has 2 aromatic carbocycles. The molecule has 0 atom stereocenters. The summed E-state index contributed by atoms with van der Waals surface area (Å²) in [6, 6.07) is 14.8. The Morgan fingerprint density at radius 1 is 1.09 bits per heavy atom. The molecular formula is C25H24ClN3O3. The molecular weight excluding hydrogens is 426 g/mol. The van der Waals surface area contributed by atoms with Crippen molar-refractivity contribution in [3.05, 3.63) is 87.3 Å². The monoisotopic (exact) mass is 449 g/mol. The molecule has 4 rings (SSSR count). The van der Waals surface area contributed by atoms with Crippen LogP contribution in [-0.2, 0) is 17.6 Å². The number of amides is 2. The number of halogens is 1. The Morgan fingerprint density at radius 3 is 2.62 bits per heavy atom. The zero-order valence-corrected chi connectivity index (χ0v) is 18.8. The fourth-order valence-electron chi connectivity index (χ4n) is 3.89. The molecule has 1 heterocycles. The minimum absolute atomic E-state index is 0.187. The van der Waals surface area contributed by atoms with Gasteiger partial charge in [0.15, 0.2) is 5.76 Å². The fraction of sp³-hybridized carbons (Fsp3) is 0.240. The van der Waals surface area contributed by atoms with E-state index in [0.717, 1.165) is 46.6 Å². The van der Waals surface area contributed by atoms with Gasteiger partial charge in [0.2, 0.25) is 5.91 Å². The van der Waals surface area contributed by atoms with Gasteiger partial charge in [-0.1, -0.05) is 41.9 Å². The predicted molar refractivity (Wildman–Crippen MR) is 125 cm³/mol. The second kappa shape index (κ2) is 9.40. The molecule has 0 saturated carbocycles. The van der Waals surface area contributed by atoms with Gasteiger partial charge in [-0.2, -0.15) is 5.10 Å². The van der Waals surface area contributed by atoms with Gasteiger partial charge >= 0.3 is 0 Å². The lowest BCUT2D eigenvalue weighted by molar-refractivity contribution is -0.120. The summed E-state index contributed by atoms with van der Waals surface area (Å²) in [6.45, 7) is 3.73. The molecule has 6 nitrogen and oxygen atoms in total.